The van der Waals surface area contributed by atoms with Gasteiger partial charge in [-0.2, -0.15) is 9.97 Å². The second-order valence-corrected chi connectivity index (χ2v) is 13.1. The van der Waals surface area contributed by atoms with E-state index in [2.05, 4.69) is 15.1 Å². The van der Waals surface area contributed by atoms with Crippen LogP contribution in [0.25, 0.3) is 10.8 Å². The SMILES string of the molecule is CCc1c(F)ccc2cc(O)cc(N3Cc4nc(OC[C@@]56CCCN5C[C@H](F)C6)nc(N5CCCC6NCCC65)c4C3=O)c12. The molecule has 6 heterocycles. The van der Waals surface area contributed by atoms with Gasteiger partial charge in [-0.05, 0) is 74.7 Å². The largest absolute Gasteiger partial charge is 0.508 e. The molecule has 5 aliphatic rings. The Bertz CT molecular complexity index is 1650. The third-order valence-corrected chi connectivity index (χ3v) is 10.6. The smallest absolute Gasteiger partial charge is 0.318 e. The summed E-state index contributed by atoms with van der Waals surface area (Å²) >= 11 is 0. The predicted octanol–water partition coefficient (Wildman–Crippen LogP) is 4.48. The molecule has 0 aliphatic carbocycles. The van der Waals surface area contributed by atoms with E-state index in [0.717, 1.165) is 51.7 Å². The first-order valence-corrected chi connectivity index (χ1v) is 16.0. The topological polar surface area (TPSA) is 94.1 Å². The summed E-state index contributed by atoms with van der Waals surface area (Å²) < 4.78 is 35.8. The molecular weight excluding hydrogens is 566 g/mol. The number of amides is 1. The van der Waals surface area contributed by atoms with Crippen molar-refractivity contribution in [3.8, 4) is 11.8 Å². The lowest BCUT2D eigenvalue weighted by molar-refractivity contribution is 0.0995. The highest BCUT2D eigenvalue weighted by Gasteiger charge is 2.50. The third kappa shape index (κ3) is 4.34. The number of halogens is 2. The van der Waals surface area contributed by atoms with Crippen LogP contribution < -0.4 is 19.9 Å². The first-order chi connectivity index (χ1) is 21.3. The molecule has 44 heavy (non-hydrogen) atoms. The molecule has 0 spiro atoms. The fourth-order valence-corrected chi connectivity index (χ4v) is 8.64. The van der Waals surface area contributed by atoms with Gasteiger partial charge in [0.1, 0.15) is 35.7 Å². The van der Waals surface area contributed by atoms with Gasteiger partial charge >= 0.3 is 6.01 Å². The zero-order chi connectivity index (χ0) is 30.2. The van der Waals surface area contributed by atoms with Crippen molar-refractivity contribution in [1.29, 1.82) is 0 Å². The van der Waals surface area contributed by atoms with E-state index in [0.29, 0.717) is 71.1 Å². The summed E-state index contributed by atoms with van der Waals surface area (Å²) in [6, 6.07) is 6.89. The van der Waals surface area contributed by atoms with Gasteiger partial charge in [0.15, 0.2) is 0 Å². The fourth-order valence-electron chi connectivity index (χ4n) is 8.64. The number of nitrogens with zero attached hydrogens (tertiary/aromatic N) is 5. The Morgan fingerprint density at radius 3 is 2.93 bits per heavy atom. The number of carbonyl (C=O) groups is 1. The number of aryl methyl sites for hydroxylation is 1. The van der Waals surface area contributed by atoms with Crippen molar-refractivity contribution < 1.29 is 23.4 Å². The van der Waals surface area contributed by atoms with Gasteiger partial charge in [-0.3, -0.25) is 9.69 Å². The van der Waals surface area contributed by atoms with Gasteiger partial charge < -0.3 is 25.0 Å². The summed E-state index contributed by atoms with van der Waals surface area (Å²) in [5, 5.41) is 15.5. The van der Waals surface area contributed by atoms with E-state index >= 15 is 4.39 Å². The van der Waals surface area contributed by atoms with Crippen molar-refractivity contribution in [1.82, 2.24) is 20.2 Å². The molecule has 232 valence electrons. The molecule has 4 fully saturated rings. The Morgan fingerprint density at radius 1 is 1.18 bits per heavy atom. The van der Waals surface area contributed by atoms with E-state index in [-0.39, 0.29) is 41.6 Å². The van der Waals surface area contributed by atoms with Crippen molar-refractivity contribution in [2.24, 2.45) is 0 Å². The summed E-state index contributed by atoms with van der Waals surface area (Å²) in [5.74, 6) is -0.0512. The number of rotatable bonds is 6. The lowest BCUT2D eigenvalue weighted by atomic mass is 9.95. The van der Waals surface area contributed by atoms with Gasteiger partial charge in [0, 0.05) is 43.0 Å². The molecule has 11 heteroatoms. The Labute approximate surface area is 255 Å². The third-order valence-electron chi connectivity index (χ3n) is 10.6. The van der Waals surface area contributed by atoms with E-state index in [1.807, 2.05) is 6.92 Å². The number of alkyl halides is 1. The first kappa shape index (κ1) is 27.9. The lowest BCUT2D eigenvalue weighted by Crippen LogP contribution is -2.49. The Balaban J connectivity index is 1.21. The van der Waals surface area contributed by atoms with E-state index in [4.69, 9.17) is 14.7 Å². The van der Waals surface area contributed by atoms with Crippen LogP contribution in [0.15, 0.2) is 24.3 Å². The number of phenolic OH excluding ortho intramolecular Hbond substituents is 1. The minimum absolute atomic E-state index is 0.000690. The number of phenols is 1. The number of piperidine rings is 1. The minimum Gasteiger partial charge on any atom is -0.508 e. The minimum atomic E-state index is -0.864. The van der Waals surface area contributed by atoms with Crippen molar-refractivity contribution in [3.63, 3.8) is 0 Å². The summed E-state index contributed by atoms with van der Waals surface area (Å²) in [7, 11) is 0. The molecule has 0 bridgehead atoms. The second kappa shape index (κ2) is 10.5. The Hall–Kier alpha value is -3.57. The Kier molecular flexibility index (Phi) is 6.68. The fraction of sp³-hybridized carbons (Fsp3) is 0.545. The number of aromatic nitrogens is 2. The van der Waals surface area contributed by atoms with Gasteiger partial charge in [-0.1, -0.05) is 13.0 Å². The van der Waals surface area contributed by atoms with Crippen LogP contribution in [0.1, 0.15) is 67.1 Å². The first-order valence-electron chi connectivity index (χ1n) is 16.0. The molecule has 3 aromatic rings. The van der Waals surface area contributed by atoms with Crippen LogP contribution in [0.5, 0.6) is 11.8 Å². The molecule has 0 saturated carbocycles. The maximum absolute atomic E-state index is 15.0. The second-order valence-electron chi connectivity index (χ2n) is 13.1. The average molecular weight is 605 g/mol. The van der Waals surface area contributed by atoms with Crippen molar-refractivity contribution in [3.05, 3.63) is 46.9 Å². The number of hydrogen-bond acceptors (Lipinski definition) is 8. The van der Waals surface area contributed by atoms with Crippen LogP contribution in [0.3, 0.4) is 0 Å². The standard InChI is InChI=1S/C33H38F2N6O3/c1-2-22-23(35)7-6-19-13-21(42)14-27(28(19)22)41-17-25-29(31(41)43)30(40-12-3-5-24-26(40)8-10-36-24)38-32(37-25)44-18-33-9-4-11-39(33)16-20(34)15-33/h6-7,13-14,20,24,26,36,42H,2-5,8-12,15-18H2,1H3/t20-,24?,26?,33+/m1/s1. The van der Waals surface area contributed by atoms with Gasteiger partial charge in [0.05, 0.1) is 23.5 Å². The van der Waals surface area contributed by atoms with Crippen molar-refractivity contribution in [2.45, 2.75) is 82.2 Å². The number of ether oxygens (including phenoxy) is 1. The number of aromatic hydroxyl groups is 1. The normalized spacial score (nSPS) is 28.2. The molecule has 5 aliphatic heterocycles. The zero-order valence-corrected chi connectivity index (χ0v) is 25.0. The number of benzene rings is 2. The van der Waals surface area contributed by atoms with Gasteiger partial charge in [-0.15, -0.1) is 0 Å². The molecule has 2 aromatic carbocycles. The van der Waals surface area contributed by atoms with Crippen LogP contribution in [0.4, 0.5) is 20.3 Å². The van der Waals surface area contributed by atoms with Crippen LogP contribution in [0, 0.1) is 5.82 Å². The molecule has 1 amide bonds. The maximum atomic E-state index is 15.0. The van der Waals surface area contributed by atoms with Gasteiger partial charge in [-0.25, -0.2) is 8.78 Å². The van der Waals surface area contributed by atoms with Crippen molar-refractivity contribution in [2.75, 3.05) is 42.6 Å². The van der Waals surface area contributed by atoms with E-state index in [9.17, 15) is 14.3 Å². The quantitative estimate of drug-likeness (QED) is 0.426. The highest BCUT2D eigenvalue weighted by atomic mass is 19.1. The highest BCUT2D eigenvalue weighted by molar-refractivity contribution is 6.16. The summed E-state index contributed by atoms with van der Waals surface area (Å²) in [5.41, 5.74) is 1.57. The molecule has 8 rings (SSSR count). The van der Waals surface area contributed by atoms with Gasteiger partial charge in [0.25, 0.3) is 5.91 Å². The van der Waals surface area contributed by atoms with Crippen LogP contribution in [0.2, 0.25) is 0 Å². The lowest BCUT2D eigenvalue weighted by Gasteiger charge is -2.39. The average Bonchev–Trinajstić information content (AvgIpc) is 3.78. The monoisotopic (exact) mass is 604 g/mol. The molecular formula is C33H38F2N6O3. The summed E-state index contributed by atoms with van der Waals surface area (Å²) in [4.78, 5) is 30.1. The highest BCUT2D eigenvalue weighted by Crippen LogP contribution is 2.43. The number of anilines is 2. The summed E-state index contributed by atoms with van der Waals surface area (Å²) in [6.45, 7) is 5.30. The number of hydrogen-bond donors (Lipinski definition) is 2. The number of fused-ring (bicyclic) bond motifs is 4. The van der Waals surface area contributed by atoms with E-state index < -0.39 is 6.17 Å². The number of carbonyl (C=O) groups excluding carboxylic acids is 1. The Morgan fingerprint density at radius 2 is 2.07 bits per heavy atom. The molecule has 2 N–H and O–H groups in total. The molecule has 4 saturated heterocycles. The molecule has 0 radical (unpaired) electrons. The number of nitrogens with one attached hydrogen (secondary N) is 1. The van der Waals surface area contributed by atoms with Crippen LogP contribution in [-0.2, 0) is 13.0 Å². The van der Waals surface area contributed by atoms with Crippen molar-refractivity contribution >= 4 is 28.2 Å². The molecule has 4 atom stereocenters. The maximum Gasteiger partial charge on any atom is 0.318 e. The molecule has 9 nitrogen and oxygen atoms in total. The van der Waals surface area contributed by atoms with E-state index in [1.54, 1.807) is 17.0 Å². The molecule has 2 unspecified atom stereocenters. The summed E-state index contributed by atoms with van der Waals surface area (Å²) in [6.07, 6.45) is 4.88. The van der Waals surface area contributed by atoms with E-state index in [1.165, 1.54) is 12.1 Å². The van der Waals surface area contributed by atoms with Crippen LogP contribution in [-0.4, -0.2) is 82.5 Å². The van der Waals surface area contributed by atoms with Gasteiger partial charge in [0.2, 0.25) is 0 Å². The predicted molar refractivity (Wildman–Crippen MR) is 163 cm³/mol. The zero-order valence-electron chi connectivity index (χ0n) is 25.0. The van der Waals surface area contributed by atoms with Crippen LogP contribution >= 0.6 is 0 Å². The molecule has 1 aromatic heterocycles.